The summed E-state index contributed by atoms with van der Waals surface area (Å²) in [7, 11) is 0. The zero-order valence-electron chi connectivity index (χ0n) is 7.22. The Bertz CT molecular complexity index is 159. The lowest BCUT2D eigenvalue weighted by molar-refractivity contribution is -0.925. The van der Waals surface area contributed by atoms with Crippen LogP contribution in [-0.2, 0) is 0 Å². The lowest BCUT2D eigenvalue weighted by Gasteiger charge is -2.47. The number of quaternary nitrogens is 1. The number of nitrogens with two attached hydrogens (primary N) is 1. The predicted octanol–water partition coefficient (Wildman–Crippen LogP) is -5.01. The number of nitrogens with one attached hydrogen (secondary N) is 1. The number of halogens is 1. The molecule has 3 fully saturated rings. The van der Waals surface area contributed by atoms with E-state index in [-0.39, 0.29) is 12.4 Å². The van der Waals surface area contributed by atoms with Crippen LogP contribution in [-0.4, -0.2) is 36.9 Å². The molecule has 3 nitrogen and oxygen atoms in total. The van der Waals surface area contributed by atoms with Crippen LogP contribution in [0.5, 0.6) is 0 Å². The summed E-state index contributed by atoms with van der Waals surface area (Å²) in [5.74, 6) is 0.491. The minimum Gasteiger partial charge on any atom is -1.00 e. The van der Waals surface area contributed by atoms with Crippen LogP contribution in [0.2, 0.25) is 0 Å². The molecule has 3 aliphatic heterocycles. The third kappa shape index (κ3) is 1.46. The van der Waals surface area contributed by atoms with Crippen LogP contribution in [0.25, 0.3) is 0 Å². The molecule has 72 valence electrons. The fourth-order valence-corrected chi connectivity index (χ4v) is 2.56. The maximum absolute atomic E-state index is 10.0. The molecule has 0 amide bonds. The summed E-state index contributed by atoms with van der Waals surface area (Å²) in [6.45, 7) is 3.81. The summed E-state index contributed by atoms with van der Waals surface area (Å²) in [6, 6.07) is 0. The summed E-state index contributed by atoms with van der Waals surface area (Å²) in [6.07, 6.45) is 2.34. The van der Waals surface area contributed by atoms with Gasteiger partial charge in [0.1, 0.15) is 12.1 Å². The predicted molar refractivity (Wildman–Crippen MR) is 42.3 cm³/mol. The third-order valence-corrected chi connectivity index (χ3v) is 3.36. The van der Waals surface area contributed by atoms with E-state index in [1.807, 2.05) is 0 Å². The molecule has 4 N–H and O–H groups in total. The third-order valence-electron chi connectivity index (χ3n) is 3.36. The molecule has 3 aliphatic rings. The molecule has 1 atom stereocenters. The van der Waals surface area contributed by atoms with Gasteiger partial charge in [0.2, 0.25) is 0 Å². The van der Waals surface area contributed by atoms with Gasteiger partial charge >= 0.3 is 0 Å². The van der Waals surface area contributed by atoms with Crippen molar-refractivity contribution in [3.8, 4) is 0 Å². The molecular weight excluding hydrogens is 176 g/mol. The highest BCUT2D eigenvalue weighted by Gasteiger charge is 2.47. The van der Waals surface area contributed by atoms with Crippen molar-refractivity contribution in [3.63, 3.8) is 0 Å². The largest absolute Gasteiger partial charge is 1.00 e. The Morgan fingerprint density at radius 3 is 2.25 bits per heavy atom. The number of hydrogen-bond acceptors (Lipinski definition) is 2. The van der Waals surface area contributed by atoms with Gasteiger partial charge in [0.25, 0.3) is 0 Å². The van der Waals surface area contributed by atoms with Crippen LogP contribution in [0, 0.1) is 5.92 Å². The Morgan fingerprint density at radius 1 is 1.42 bits per heavy atom. The normalized spacial score (nSPS) is 45.5. The second kappa shape index (κ2) is 3.50. The van der Waals surface area contributed by atoms with E-state index in [1.165, 1.54) is 25.9 Å². The number of fused-ring (bicyclic) bond motifs is 3. The van der Waals surface area contributed by atoms with Crippen molar-refractivity contribution in [2.45, 2.75) is 18.4 Å². The quantitative estimate of drug-likeness (QED) is 0.390. The summed E-state index contributed by atoms with van der Waals surface area (Å²) in [5, 5.41) is 10.0. The first-order chi connectivity index (χ1) is 5.24. The van der Waals surface area contributed by atoms with Crippen LogP contribution >= 0.6 is 0 Å². The van der Waals surface area contributed by atoms with Crippen LogP contribution in [0.4, 0.5) is 0 Å². The molecule has 0 spiro atoms. The van der Waals surface area contributed by atoms with Crippen molar-refractivity contribution in [1.82, 2.24) is 0 Å². The molecule has 0 aromatic rings. The van der Waals surface area contributed by atoms with Gasteiger partial charge in [-0.05, 0) is 0 Å². The van der Waals surface area contributed by atoms with Crippen molar-refractivity contribution in [2.24, 2.45) is 11.7 Å². The van der Waals surface area contributed by atoms with Gasteiger partial charge in [0.05, 0.1) is 13.1 Å². The van der Waals surface area contributed by atoms with E-state index in [9.17, 15) is 5.11 Å². The zero-order valence-corrected chi connectivity index (χ0v) is 7.98. The maximum atomic E-state index is 10.0. The zero-order chi connectivity index (χ0) is 7.90. The number of piperidine rings is 3. The monoisotopic (exact) mass is 192 g/mol. The Balaban J connectivity index is 0.000000720. The van der Waals surface area contributed by atoms with Crippen LogP contribution in [0.1, 0.15) is 12.8 Å². The fourth-order valence-electron chi connectivity index (χ4n) is 2.56. The van der Waals surface area contributed by atoms with E-state index < -0.39 is 5.60 Å². The second-order valence-electron chi connectivity index (χ2n) is 4.01. The van der Waals surface area contributed by atoms with Crippen molar-refractivity contribution < 1.29 is 22.4 Å². The summed E-state index contributed by atoms with van der Waals surface area (Å²) >= 11 is 0. The van der Waals surface area contributed by atoms with E-state index in [2.05, 4.69) is 0 Å². The SMILES string of the molecule is NCC1(O)C[NH+]2CCC1CC2.[Cl-]. The summed E-state index contributed by atoms with van der Waals surface area (Å²) < 4.78 is 0. The Labute approximate surface area is 79.3 Å². The molecular formula is C8H17ClN2O. The molecule has 0 aromatic heterocycles. The van der Waals surface area contributed by atoms with Gasteiger partial charge < -0.3 is 28.1 Å². The Hall–Kier alpha value is 0.170. The lowest BCUT2D eigenvalue weighted by atomic mass is 9.75. The van der Waals surface area contributed by atoms with E-state index in [0.717, 1.165) is 6.54 Å². The first-order valence-corrected chi connectivity index (χ1v) is 4.50. The van der Waals surface area contributed by atoms with Gasteiger partial charge in [-0.3, -0.25) is 0 Å². The highest BCUT2D eigenvalue weighted by Crippen LogP contribution is 2.26. The van der Waals surface area contributed by atoms with Crippen LogP contribution in [0.15, 0.2) is 0 Å². The first-order valence-electron chi connectivity index (χ1n) is 4.50. The lowest BCUT2D eigenvalue weighted by Crippen LogP contribution is -3.18. The average Bonchev–Trinajstić information content (AvgIpc) is 2.06. The minimum absolute atomic E-state index is 0. The fraction of sp³-hybridized carbons (Fsp3) is 1.00. The highest BCUT2D eigenvalue weighted by atomic mass is 35.5. The van der Waals surface area contributed by atoms with Gasteiger partial charge in [-0.15, -0.1) is 0 Å². The summed E-state index contributed by atoms with van der Waals surface area (Å²) in [5.41, 5.74) is 5.04. The molecule has 3 saturated heterocycles. The van der Waals surface area contributed by atoms with Crippen molar-refractivity contribution in [3.05, 3.63) is 0 Å². The molecule has 2 bridgehead atoms. The molecule has 0 radical (unpaired) electrons. The van der Waals surface area contributed by atoms with Crippen molar-refractivity contribution in [2.75, 3.05) is 26.2 Å². The Kier molecular flexibility index (Phi) is 2.99. The van der Waals surface area contributed by atoms with Crippen LogP contribution < -0.4 is 23.0 Å². The van der Waals surface area contributed by atoms with Gasteiger partial charge in [0, 0.05) is 25.3 Å². The van der Waals surface area contributed by atoms with Gasteiger partial charge in [-0.2, -0.15) is 0 Å². The van der Waals surface area contributed by atoms with Gasteiger partial charge in [-0.1, -0.05) is 0 Å². The number of rotatable bonds is 1. The molecule has 4 heteroatoms. The minimum atomic E-state index is -0.522. The highest BCUT2D eigenvalue weighted by molar-refractivity contribution is 4.91. The molecule has 0 aliphatic carbocycles. The Morgan fingerprint density at radius 2 is 2.00 bits per heavy atom. The van der Waals surface area contributed by atoms with Crippen LogP contribution in [0.3, 0.4) is 0 Å². The van der Waals surface area contributed by atoms with E-state index in [1.54, 1.807) is 4.90 Å². The van der Waals surface area contributed by atoms with E-state index >= 15 is 0 Å². The first kappa shape index (κ1) is 10.3. The maximum Gasteiger partial charge on any atom is 0.129 e. The number of aliphatic hydroxyl groups is 1. The average molecular weight is 193 g/mol. The molecule has 1 unspecified atom stereocenters. The van der Waals surface area contributed by atoms with E-state index in [4.69, 9.17) is 5.73 Å². The van der Waals surface area contributed by atoms with Gasteiger partial charge in [0.15, 0.2) is 0 Å². The topological polar surface area (TPSA) is 50.7 Å². The molecule has 12 heavy (non-hydrogen) atoms. The van der Waals surface area contributed by atoms with E-state index in [0.29, 0.717) is 12.5 Å². The second-order valence-corrected chi connectivity index (χ2v) is 4.01. The standard InChI is InChI=1S/C8H16N2O.ClH/c9-5-8(11)6-10-3-1-7(8)2-4-10;/h7,11H,1-6,9H2;1H. The molecule has 0 aromatic carbocycles. The van der Waals surface area contributed by atoms with Gasteiger partial charge in [-0.25, -0.2) is 0 Å². The summed E-state index contributed by atoms with van der Waals surface area (Å²) in [4.78, 5) is 1.54. The molecule has 3 rings (SSSR count). The molecule has 0 saturated carbocycles. The smallest absolute Gasteiger partial charge is 0.129 e. The number of hydrogen-bond donors (Lipinski definition) is 3. The molecule has 3 heterocycles. The van der Waals surface area contributed by atoms with Crippen molar-refractivity contribution in [1.29, 1.82) is 0 Å². The van der Waals surface area contributed by atoms with Crippen molar-refractivity contribution >= 4 is 0 Å².